The third-order valence-electron chi connectivity index (χ3n) is 2.98. The first-order valence-electron chi connectivity index (χ1n) is 5.71. The van der Waals surface area contributed by atoms with Crippen molar-refractivity contribution in [1.29, 1.82) is 0 Å². The van der Waals surface area contributed by atoms with Gasteiger partial charge in [-0.2, -0.15) is 0 Å². The van der Waals surface area contributed by atoms with Crippen LogP contribution in [0.2, 0.25) is 0 Å². The minimum absolute atomic E-state index is 0.0995. The molecule has 1 unspecified atom stereocenters. The average Bonchev–Trinajstić information content (AvgIpc) is 2.74. The molecule has 0 saturated carbocycles. The SMILES string of the molecule is Oc1ccc2c(c1)OCC2Nc1ccccc1F. The van der Waals surface area contributed by atoms with Crippen molar-refractivity contribution in [3.05, 3.63) is 53.8 Å². The predicted octanol–water partition coefficient (Wildman–Crippen LogP) is 3.08. The van der Waals surface area contributed by atoms with Crippen LogP contribution >= 0.6 is 0 Å². The van der Waals surface area contributed by atoms with Crippen LogP contribution in [-0.4, -0.2) is 11.7 Å². The molecule has 2 aromatic rings. The van der Waals surface area contributed by atoms with Gasteiger partial charge in [-0.15, -0.1) is 0 Å². The number of para-hydroxylation sites is 1. The Bertz CT molecular complexity index is 586. The summed E-state index contributed by atoms with van der Waals surface area (Å²) in [6.45, 7) is 0.424. The van der Waals surface area contributed by atoms with Crippen LogP contribution in [0.4, 0.5) is 10.1 Å². The smallest absolute Gasteiger partial charge is 0.146 e. The van der Waals surface area contributed by atoms with Crippen molar-refractivity contribution >= 4 is 5.69 Å². The van der Waals surface area contributed by atoms with Crippen LogP contribution < -0.4 is 10.1 Å². The van der Waals surface area contributed by atoms with Crippen molar-refractivity contribution in [2.45, 2.75) is 6.04 Å². The number of nitrogens with one attached hydrogen (secondary N) is 1. The Morgan fingerprint density at radius 1 is 1.22 bits per heavy atom. The number of halogens is 1. The Kier molecular flexibility index (Phi) is 2.55. The number of phenols is 1. The van der Waals surface area contributed by atoms with Gasteiger partial charge in [0.1, 0.15) is 23.9 Å². The second-order valence-corrected chi connectivity index (χ2v) is 4.21. The van der Waals surface area contributed by atoms with Crippen LogP contribution in [0.15, 0.2) is 42.5 Å². The van der Waals surface area contributed by atoms with Gasteiger partial charge in [0, 0.05) is 11.6 Å². The molecule has 0 bridgehead atoms. The first kappa shape index (κ1) is 10.9. The fraction of sp³-hybridized carbons (Fsp3) is 0.143. The van der Waals surface area contributed by atoms with Crippen LogP contribution in [0.25, 0.3) is 0 Å². The molecule has 2 aromatic carbocycles. The number of hydrogen-bond donors (Lipinski definition) is 2. The number of anilines is 1. The zero-order chi connectivity index (χ0) is 12.5. The highest BCUT2D eigenvalue weighted by atomic mass is 19.1. The summed E-state index contributed by atoms with van der Waals surface area (Å²) in [5.74, 6) is 0.522. The maximum Gasteiger partial charge on any atom is 0.146 e. The van der Waals surface area contributed by atoms with E-state index in [1.807, 2.05) is 0 Å². The summed E-state index contributed by atoms with van der Waals surface area (Å²) in [4.78, 5) is 0. The summed E-state index contributed by atoms with van der Waals surface area (Å²) < 4.78 is 19.0. The largest absolute Gasteiger partial charge is 0.508 e. The van der Waals surface area contributed by atoms with Crippen molar-refractivity contribution in [3.63, 3.8) is 0 Å². The molecule has 0 radical (unpaired) electrons. The number of phenolic OH excluding ortho intramolecular Hbond substituents is 1. The second kappa shape index (κ2) is 4.22. The molecule has 0 spiro atoms. The van der Waals surface area contributed by atoms with Gasteiger partial charge in [-0.3, -0.25) is 0 Å². The molecule has 0 aliphatic carbocycles. The Labute approximate surface area is 104 Å². The maximum atomic E-state index is 13.5. The summed E-state index contributed by atoms with van der Waals surface area (Å²) in [7, 11) is 0. The lowest BCUT2D eigenvalue weighted by Gasteiger charge is -2.13. The normalized spacial score (nSPS) is 17.1. The van der Waals surface area contributed by atoms with E-state index in [0.29, 0.717) is 18.0 Å². The van der Waals surface area contributed by atoms with Gasteiger partial charge in [0.2, 0.25) is 0 Å². The van der Waals surface area contributed by atoms with Gasteiger partial charge in [-0.25, -0.2) is 4.39 Å². The molecule has 1 atom stereocenters. The highest BCUT2D eigenvalue weighted by molar-refractivity contribution is 5.52. The first-order valence-corrected chi connectivity index (χ1v) is 5.71. The third kappa shape index (κ3) is 1.86. The second-order valence-electron chi connectivity index (χ2n) is 4.21. The molecule has 3 nitrogen and oxygen atoms in total. The molecule has 0 fully saturated rings. The summed E-state index contributed by atoms with van der Waals surface area (Å²) in [6.07, 6.45) is 0. The monoisotopic (exact) mass is 245 g/mol. The lowest BCUT2D eigenvalue weighted by molar-refractivity contribution is 0.338. The number of fused-ring (bicyclic) bond motifs is 1. The fourth-order valence-corrected chi connectivity index (χ4v) is 2.08. The molecule has 0 saturated heterocycles. The average molecular weight is 245 g/mol. The number of aromatic hydroxyl groups is 1. The van der Waals surface area contributed by atoms with Gasteiger partial charge in [-0.1, -0.05) is 12.1 Å². The van der Waals surface area contributed by atoms with E-state index in [1.165, 1.54) is 6.07 Å². The van der Waals surface area contributed by atoms with Crippen molar-refractivity contribution < 1.29 is 14.2 Å². The van der Waals surface area contributed by atoms with Gasteiger partial charge in [-0.05, 0) is 24.3 Å². The van der Waals surface area contributed by atoms with Crippen molar-refractivity contribution in [2.75, 3.05) is 11.9 Å². The molecular formula is C14H12FNO2. The molecule has 18 heavy (non-hydrogen) atoms. The summed E-state index contributed by atoms with van der Waals surface area (Å²) >= 11 is 0. The quantitative estimate of drug-likeness (QED) is 0.854. The lowest BCUT2D eigenvalue weighted by atomic mass is 10.1. The Morgan fingerprint density at radius 2 is 2.06 bits per heavy atom. The van der Waals surface area contributed by atoms with Gasteiger partial charge in [0.25, 0.3) is 0 Å². The molecule has 0 aromatic heterocycles. The molecule has 1 heterocycles. The maximum absolute atomic E-state index is 13.5. The topological polar surface area (TPSA) is 41.5 Å². The van der Waals surface area contributed by atoms with Crippen LogP contribution in [0.5, 0.6) is 11.5 Å². The van der Waals surface area contributed by atoms with Gasteiger partial charge in [0.05, 0.1) is 11.7 Å². The van der Waals surface area contributed by atoms with Crippen LogP contribution in [0, 0.1) is 5.82 Å². The molecule has 1 aliphatic rings. The fourth-order valence-electron chi connectivity index (χ4n) is 2.08. The minimum atomic E-state index is -0.287. The van der Waals surface area contributed by atoms with E-state index in [1.54, 1.807) is 36.4 Å². The van der Waals surface area contributed by atoms with E-state index in [2.05, 4.69) is 5.32 Å². The Hall–Kier alpha value is -2.23. The van der Waals surface area contributed by atoms with Crippen molar-refractivity contribution in [3.8, 4) is 11.5 Å². The van der Waals surface area contributed by atoms with E-state index < -0.39 is 0 Å². The van der Waals surface area contributed by atoms with E-state index in [0.717, 1.165) is 5.56 Å². The van der Waals surface area contributed by atoms with Gasteiger partial charge < -0.3 is 15.2 Å². The number of rotatable bonds is 2. The van der Waals surface area contributed by atoms with E-state index in [4.69, 9.17) is 4.74 Å². The van der Waals surface area contributed by atoms with E-state index >= 15 is 0 Å². The van der Waals surface area contributed by atoms with E-state index in [-0.39, 0.29) is 17.6 Å². The minimum Gasteiger partial charge on any atom is -0.508 e. The van der Waals surface area contributed by atoms with Crippen LogP contribution in [0.1, 0.15) is 11.6 Å². The molecule has 1 aliphatic heterocycles. The molecule has 4 heteroatoms. The molecule has 92 valence electrons. The number of benzene rings is 2. The zero-order valence-electron chi connectivity index (χ0n) is 9.56. The molecule has 0 amide bonds. The standard InChI is InChI=1S/C14H12FNO2/c15-11-3-1-2-4-12(11)16-13-8-18-14-7-9(17)5-6-10(13)14/h1-7,13,16-17H,8H2. The van der Waals surface area contributed by atoms with E-state index in [9.17, 15) is 9.50 Å². The Morgan fingerprint density at radius 3 is 2.89 bits per heavy atom. The predicted molar refractivity (Wildman–Crippen MR) is 66.4 cm³/mol. The number of hydrogen-bond acceptors (Lipinski definition) is 3. The zero-order valence-corrected chi connectivity index (χ0v) is 9.56. The van der Waals surface area contributed by atoms with Gasteiger partial charge >= 0.3 is 0 Å². The third-order valence-corrected chi connectivity index (χ3v) is 2.98. The summed E-state index contributed by atoms with van der Waals surface area (Å²) in [6, 6.07) is 11.4. The first-order chi connectivity index (χ1) is 8.74. The van der Waals surface area contributed by atoms with Crippen molar-refractivity contribution in [2.24, 2.45) is 0 Å². The summed E-state index contributed by atoms with van der Waals surface area (Å²) in [5, 5.41) is 12.5. The number of ether oxygens (including phenoxy) is 1. The van der Waals surface area contributed by atoms with Gasteiger partial charge in [0.15, 0.2) is 0 Å². The summed E-state index contributed by atoms with van der Waals surface area (Å²) in [5.41, 5.74) is 1.38. The Balaban J connectivity index is 1.87. The lowest BCUT2D eigenvalue weighted by Crippen LogP contribution is -2.12. The van der Waals surface area contributed by atoms with Crippen LogP contribution in [-0.2, 0) is 0 Å². The highest BCUT2D eigenvalue weighted by Gasteiger charge is 2.24. The molecular weight excluding hydrogens is 233 g/mol. The highest BCUT2D eigenvalue weighted by Crippen LogP contribution is 2.36. The van der Waals surface area contributed by atoms with Crippen molar-refractivity contribution in [1.82, 2.24) is 0 Å². The molecule has 3 rings (SSSR count). The van der Waals surface area contributed by atoms with Crippen LogP contribution in [0.3, 0.4) is 0 Å². The molecule has 2 N–H and O–H groups in total.